The molecule has 6 heteroatoms. The number of nitrogens with one attached hydrogen (secondary N) is 3. The fraction of sp³-hybridized carbons (Fsp3) is 0.0667. The zero-order chi connectivity index (χ0) is 33.5. The molecule has 1 aliphatic rings. The number of para-hydroxylation sites is 5. The number of rotatable bonds is 4. The van der Waals surface area contributed by atoms with Crippen LogP contribution in [0.3, 0.4) is 0 Å². The van der Waals surface area contributed by atoms with E-state index < -0.39 is 0 Å². The molecule has 3 aromatic heterocycles. The van der Waals surface area contributed by atoms with Gasteiger partial charge in [-0.1, -0.05) is 127 Å². The highest BCUT2D eigenvalue weighted by molar-refractivity contribution is 6.12. The van der Waals surface area contributed by atoms with E-state index in [1.165, 1.54) is 0 Å². The highest BCUT2D eigenvalue weighted by Crippen LogP contribution is 2.42. The number of hydrogen-bond donors (Lipinski definition) is 3. The van der Waals surface area contributed by atoms with E-state index in [-0.39, 0.29) is 18.5 Å². The summed E-state index contributed by atoms with van der Waals surface area (Å²) in [5.41, 5.74) is 10.6. The lowest BCUT2D eigenvalue weighted by Gasteiger charge is -2.39. The third kappa shape index (κ3) is 4.48. The van der Waals surface area contributed by atoms with Gasteiger partial charge in [0.15, 0.2) is 0 Å². The maximum Gasteiger partial charge on any atom is 0.143 e. The molecule has 1 fully saturated rings. The van der Waals surface area contributed by atoms with Crippen molar-refractivity contribution in [2.75, 3.05) is 0 Å². The van der Waals surface area contributed by atoms with E-state index in [2.05, 4.69) is 137 Å². The van der Waals surface area contributed by atoms with Crippen molar-refractivity contribution in [1.82, 2.24) is 16.0 Å². The minimum atomic E-state index is -0.248. The van der Waals surface area contributed by atoms with Gasteiger partial charge in [-0.3, -0.25) is 16.0 Å². The number of hydrogen-bond acceptors (Lipinski definition) is 6. The molecule has 244 valence electrons. The summed E-state index contributed by atoms with van der Waals surface area (Å²) in [4.78, 5) is 0. The van der Waals surface area contributed by atoms with E-state index in [1.807, 2.05) is 30.3 Å². The smallest absolute Gasteiger partial charge is 0.143 e. The van der Waals surface area contributed by atoms with Crippen molar-refractivity contribution in [1.29, 1.82) is 0 Å². The van der Waals surface area contributed by atoms with Crippen molar-refractivity contribution in [3.63, 3.8) is 0 Å². The Morgan fingerprint density at radius 2 is 0.882 bits per heavy atom. The predicted octanol–water partition coefficient (Wildman–Crippen LogP) is 11.2. The van der Waals surface area contributed by atoms with Crippen LogP contribution in [0.5, 0.6) is 0 Å². The minimum Gasteiger partial charge on any atom is -0.456 e. The first kappa shape index (κ1) is 28.6. The second kappa shape index (κ2) is 11.2. The van der Waals surface area contributed by atoms with Gasteiger partial charge in [-0.15, -0.1) is 0 Å². The van der Waals surface area contributed by atoms with Crippen LogP contribution in [0.25, 0.3) is 76.9 Å². The molecule has 11 rings (SSSR count). The van der Waals surface area contributed by atoms with E-state index in [1.54, 1.807) is 0 Å². The maximum atomic E-state index is 6.95. The third-order valence-corrected chi connectivity index (χ3v) is 10.4. The molecule has 7 aromatic carbocycles. The van der Waals surface area contributed by atoms with Gasteiger partial charge in [0, 0.05) is 49.0 Å². The molecule has 51 heavy (non-hydrogen) atoms. The molecule has 4 heterocycles. The Morgan fingerprint density at radius 1 is 0.353 bits per heavy atom. The molecular weight excluding hydrogens is 631 g/mol. The molecule has 3 unspecified atom stereocenters. The first-order chi connectivity index (χ1) is 25.3. The standard InChI is InChI=1S/C45H31N3O3/c1-2-11-26(12-3-1)43-46-44(34-19-9-16-31-29-13-4-7-22-38(29)50-41(31)34)48-45(47-43)35-20-10-18-33-32-17-8-15-28(40(32)51-42(33)35)27-23-24-39-36(25-27)30-14-5-6-21-37(30)49-39/h1-25,43-48H. The average Bonchev–Trinajstić information content (AvgIpc) is 3.89. The van der Waals surface area contributed by atoms with Crippen molar-refractivity contribution in [3.05, 3.63) is 168 Å². The Kier molecular flexibility index (Phi) is 6.27. The summed E-state index contributed by atoms with van der Waals surface area (Å²) in [6, 6.07) is 52.6. The van der Waals surface area contributed by atoms with Crippen LogP contribution in [0.2, 0.25) is 0 Å². The van der Waals surface area contributed by atoms with Gasteiger partial charge in [-0.25, -0.2) is 0 Å². The Morgan fingerprint density at radius 3 is 1.63 bits per heavy atom. The van der Waals surface area contributed by atoms with E-state index in [0.29, 0.717) is 0 Å². The highest BCUT2D eigenvalue weighted by Gasteiger charge is 2.33. The average molecular weight is 662 g/mol. The fourth-order valence-corrected chi connectivity index (χ4v) is 8.03. The molecule has 3 N–H and O–H groups in total. The first-order valence-electron chi connectivity index (χ1n) is 17.4. The highest BCUT2D eigenvalue weighted by atomic mass is 16.3. The number of fused-ring (bicyclic) bond motifs is 9. The second-order valence-electron chi connectivity index (χ2n) is 13.3. The van der Waals surface area contributed by atoms with Crippen LogP contribution in [0.4, 0.5) is 0 Å². The van der Waals surface area contributed by atoms with Crippen LogP contribution in [0, 0.1) is 0 Å². The van der Waals surface area contributed by atoms with E-state index in [4.69, 9.17) is 13.3 Å². The number of benzene rings is 7. The molecule has 10 aromatic rings. The minimum absolute atomic E-state index is 0.145. The molecule has 1 aliphatic heterocycles. The van der Waals surface area contributed by atoms with Crippen molar-refractivity contribution in [2.24, 2.45) is 0 Å². The van der Waals surface area contributed by atoms with Crippen LogP contribution in [0.15, 0.2) is 165 Å². The topological polar surface area (TPSA) is 75.5 Å². The van der Waals surface area contributed by atoms with Gasteiger partial charge in [0.1, 0.15) is 33.5 Å². The molecule has 0 amide bonds. The predicted molar refractivity (Wildman–Crippen MR) is 204 cm³/mol. The zero-order valence-electron chi connectivity index (χ0n) is 27.4. The molecule has 0 spiro atoms. The molecule has 0 aliphatic carbocycles. The maximum absolute atomic E-state index is 6.95. The SMILES string of the molecule is c1ccc(C2NC(c3cccc4c3oc3ccccc34)NC(c3cccc4c3oc3c(-c5ccc6oc7ccccc7c6c5)cccc34)N2)cc1. The second-order valence-corrected chi connectivity index (χ2v) is 13.3. The van der Waals surface area contributed by atoms with Crippen LogP contribution in [-0.2, 0) is 0 Å². The van der Waals surface area contributed by atoms with Gasteiger partial charge >= 0.3 is 0 Å². The summed E-state index contributed by atoms with van der Waals surface area (Å²) in [5.74, 6) is 0. The lowest BCUT2D eigenvalue weighted by molar-refractivity contribution is 0.203. The quantitative estimate of drug-likeness (QED) is 0.174. The monoisotopic (exact) mass is 661 g/mol. The van der Waals surface area contributed by atoms with Gasteiger partial charge in [-0.05, 0) is 35.4 Å². The normalized spacial score (nSPS) is 18.2. The van der Waals surface area contributed by atoms with E-state index in [0.717, 1.165) is 93.6 Å². The van der Waals surface area contributed by atoms with Gasteiger partial charge in [-0.2, -0.15) is 0 Å². The lowest BCUT2D eigenvalue weighted by atomic mass is 9.99. The summed E-state index contributed by atoms with van der Waals surface area (Å²) in [6.45, 7) is 0. The van der Waals surface area contributed by atoms with Crippen LogP contribution in [-0.4, -0.2) is 0 Å². The van der Waals surface area contributed by atoms with Gasteiger partial charge < -0.3 is 13.3 Å². The van der Waals surface area contributed by atoms with Crippen LogP contribution in [0.1, 0.15) is 35.2 Å². The molecule has 0 saturated carbocycles. The Bertz CT molecular complexity index is 2940. The summed E-state index contributed by atoms with van der Waals surface area (Å²) in [7, 11) is 0. The third-order valence-electron chi connectivity index (χ3n) is 10.4. The Labute approximate surface area is 292 Å². The molecule has 0 radical (unpaired) electrons. The molecule has 6 nitrogen and oxygen atoms in total. The van der Waals surface area contributed by atoms with Crippen molar-refractivity contribution in [3.8, 4) is 11.1 Å². The van der Waals surface area contributed by atoms with Gasteiger partial charge in [0.2, 0.25) is 0 Å². The van der Waals surface area contributed by atoms with Crippen LogP contribution < -0.4 is 16.0 Å². The van der Waals surface area contributed by atoms with Gasteiger partial charge in [0.05, 0.1) is 18.5 Å². The molecule has 0 bridgehead atoms. The summed E-state index contributed by atoms with van der Waals surface area (Å²) >= 11 is 0. The summed E-state index contributed by atoms with van der Waals surface area (Å²) in [5, 5.41) is 18.2. The molecule has 1 saturated heterocycles. The zero-order valence-corrected chi connectivity index (χ0v) is 27.4. The fourth-order valence-electron chi connectivity index (χ4n) is 8.03. The van der Waals surface area contributed by atoms with Gasteiger partial charge in [0.25, 0.3) is 0 Å². The first-order valence-corrected chi connectivity index (χ1v) is 17.4. The van der Waals surface area contributed by atoms with Crippen molar-refractivity contribution in [2.45, 2.75) is 18.5 Å². The Hall–Kier alpha value is -6.18. The van der Waals surface area contributed by atoms with Crippen molar-refractivity contribution >= 4 is 65.8 Å². The largest absolute Gasteiger partial charge is 0.456 e. The number of furan rings is 3. The Balaban J connectivity index is 1.05. The summed E-state index contributed by atoms with van der Waals surface area (Å²) < 4.78 is 19.6. The van der Waals surface area contributed by atoms with Crippen LogP contribution >= 0.6 is 0 Å². The van der Waals surface area contributed by atoms with Crippen molar-refractivity contribution < 1.29 is 13.3 Å². The lowest BCUT2D eigenvalue weighted by Crippen LogP contribution is -2.54. The molecular formula is C45H31N3O3. The molecule has 3 atom stereocenters. The van der Waals surface area contributed by atoms with E-state index in [9.17, 15) is 0 Å². The summed E-state index contributed by atoms with van der Waals surface area (Å²) in [6.07, 6.45) is -0.617. The van der Waals surface area contributed by atoms with E-state index >= 15 is 0 Å².